The Hall–Kier alpha value is -1.35. The minimum atomic E-state index is -0.359. The van der Waals surface area contributed by atoms with E-state index in [2.05, 4.69) is 31.3 Å². The molecule has 0 aliphatic heterocycles. The average molecular weight is 248 g/mol. The number of aryl methyl sites for hydroxylation is 1. The maximum Gasteiger partial charge on any atom is 0.236 e. The van der Waals surface area contributed by atoms with Gasteiger partial charge in [0.15, 0.2) is 0 Å². The molecule has 0 aliphatic carbocycles. The standard InChI is InChI=1S/C15H24N2O/c1-3-4-9-14(16)15(18)17-11-10-13-8-6-5-7-12(13)2/h5-8,14H,3-4,9-11,16H2,1-2H3,(H,17,18). The van der Waals surface area contributed by atoms with Gasteiger partial charge in [-0.3, -0.25) is 4.79 Å². The van der Waals surface area contributed by atoms with E-state index in [1.165, 1.54) is 11.1 Å². The second kappa shape index (κ2) is 7.88. The Morgan fingerprint density at radius 2 is 2.11 bits per heavy atom. The number of benzene rings is 1. The highest BCUT2D eigenvalue weighted by Gasteiger charge is 2.11. The van der Waals surface area contributed by atoms with Gasteiger partial charge in [-0.25, -0.2) is 0 Å². The summed E-state index contributed by atoms with van der Waals surface area (Å²) in [6.07, 6.45) is 3.71. The Balaban J connectivity index is 2.29. The lowest BCUT2D eigenvalue weighted by Gasteiger charge is -2.12. The number of amides is 1. The van der Waals surface area contributed by atoms with E-state index in [0.717, 1.165) is 25.7 Å². The minimum Gasteiger partial charge on any atom is -0.354 e. The average Bonchev–Trinajstić information content (AvgIpc) is 2.38. The fourth-order valence-corrected chi connectivity index (χ4v) is 1.90. The number of hydrogen-bond donors (Lipinski definition) is 2. The molecule has 3 nitrogen and oxygen atoms in total. The molecule has 1 amide bonds. The van der Waals surface area contributed by atoms with Crippen molar-refractivity contribution in [2.24, 2.45) is 5.73 Å². The summed E-state index contributed by atoms with van der Waals surface area (Å²) in [5, 5.41) is 2.90. The molecule has 1 unspecified atom stereocenters. The third kappa shape index (κ3) is 4.88. The Labute approximate surface area is 110 Å². The molecule has 1 aromatic carbocycles. The summed E-state index contributed by atoms with van der Waals surface area (Å²) in [5.74, 6) is -0.0305. The first-order valence-electron chi connectivity index (χ1n) is 6.73. The molecule has 100 valence electrons. The summed E-state index contributed by atoms with van der Waals surface area (Å²) in [6, 6.07) is 7.87. The molecule has 3 N–H and O–H groups in total. The lowest BCUT2D eigenvalue weighted by atomic mass is 10.1. The van der Waals surface area contributed by atoms with E-state index in [1.54, 1.807) is 0 Å². The molecule has 0 fully saturated rings. The highest BCUT2D eigenvalue weighted by atomic mass is 16.2. The summed E-state index contributed by atoms with van der Waals surface area (Å²) in [6.45, 7) is 4.84. The predicted octanol–water partition coefficient (Wildman–Crippen LogP) is 2.17. The monoisotopic (exact) mass is 248 g/mol. The Morgan fingerprint density at radius 3 is 2.78 bits per heavy atom. The second-order valence-electron chi connectivity index (χ2n) is 4.72. The molecule has 0 aliphatic rings. The van der Waals surface area contributed by atoms with Crippen molar-refractivity contribution in [3.05, 3.63) is 35.4 Å². The minimum absolute atomic E-state index is 0.0305. The van der Waals surface area contributed by atoms with Crippen LogP contribution in [0.5, 0.6) is 0 Å². The van der Waals surface area contributed by atoms with Crippen molar-refractivity contribution in [2.75, 3.05) is 6.54 Å². The molecule has 0 bridgehead atoms. The third-order valence-electron chi connectivity index (χ3n) is 3.16. The van der Waals surface area contributed by atoms with Gasteiger partial charge in [-0.05, 0) is 30.9 Å². The Morgan fingerprint density at radius 1 is 1.39 bits per heavy atom. The van der Waals surface area contributed by atoms with Crippen LogP contribution in [0.3, 0.4) is 0 Å². The molecule has 0 aromatic heterocycles. The fraction of sp³-hybridized carbons (Fsp3) is 0.533. The first-order valence-corrected chi connectivity index (χ1v) is 6.73. The highest BCUT2D eigenvalue weighted by Crippen LogP contribution is 2.06. The quantitative estimate of drug-likeness (QED) is 0.777. The molecule has 1 atom stereocenters. The van der Waals surface area contributed by atoms with E-state index in [9.17, 15) is 4.79 Å². The first kappa shape index (κ1) is 14.7. The maximum absolute atomic E-state index is 11.7. The number of rotatable bonds is 7. The molecule has 18 heavy (non-hydrogen) atoms. The summed E-state index contributed by atoms with van der Waals surface area (Å²) < 4.78 is 0. The zero-order valence-corrected chi connectivity index (χ0v) is 11.4. The Bertz CT molecular complexity index is 377. The van der Waals surface area contributed by atoms with Crippen molar-refractivity contribution < 1.29 is 4.79 Å². The molecule has 0 spiro atoms. The fourth-order valence-electron chi connectivity index (χ4n) is 1.90. The van der Waals surface area contributed by atoms with Gasteiger partial charge >= 0.3 is 0 Å². The number of carbonyl (C=O) groups excluding carboxylic acids is 1. The maximum atomic E-state index is 11.7. The first-order chi connectivity index (χ1) is 8.65. The van der Waals surface area contributed by atoms with Crippen LogP contribution < -0.4 is 11.1 Å². The summed E-state index contributed by atoms with van der Waals surface area (Å²) in [7, 11) is 0. The predicted molar refractivity (Wildman–Crippen MR) is 75.4 cm³/mol. The molecule has 0 heterocycles. The van der Waals surface area contributed by atoms with Crippen molar-refractivity contribution in [1.29, 1.82) is 0 Å². The third-order valence-corrected chi connectivity index (χ3v) is 3.16. The second-order valence-corrected chi connectivity index (χ2v) is 4.72. The SMILES string of the molecule is CCCCC(N)C(=O)NCCc1ccccc1C. The summed E-state index contributed by atoms with van der Waals surface area (Å²) in [4.78, 5) is 11.7. The van der Waals surface area contributed by atoms with Gasteiger partial charge in [0.2, 0.25) is 5.91 Å². The van der Waals surface area contributed by atoms with Crippen molar-refractivity contribution in [3.63, 3.8) is 0 Å². The molecular formula is C15H24N2O. The lowest BCUT2D eigenvalue weighted by molar-refractivity contribution is -0.122. The van der Waals surface area contributed by atoms with Crippen LogP contribution in [-0.4, -0.2) is 18.5 Å². The van der Waals surface area contributed by atoms with Gasteiger partial charge in [-0.15, -0.1) is 0 Å². The van der Waals surface area contributed by atoms with Gasteiger partial charge in [-0.1, -0.05) is 44.0 Å². The molecule has 1 aromatic rings. The Kier molecular flexibility index (Phi) is 6.44. The van der Waals surface area contributed by atoms with Crippen molar-refractivity contribution in [3.8, 4) is 0 Å². The molecule has 0 saturated heterocycles. The molecule has 0 radical (unpaired) electrons. The van der Waals surface area contributed by atoms with E-state index < -0.39 is 0 Å². The number of nitrogens with one attached hydrogen (secondary N) is 1. The molecular weight excluding hydrogens is 224 g/mol. The summed E-state index contributed by atoms with van der Waals surface area (Å²) >= 11 is 0. The van der Waals surface area contributed by atoms with E-state index in [0.29, 0.717) is 6.54 Å². The van der Waals surface area contributed by atoms with Crippen LogP contribution in [0, 0.1) is 6.92 Å². The highest BCUT2D eigenvalue weighted by molar-refractivity contribution is 5.81. The van der Waals surface area contributed by atoms with Crippen LogP contribution in [0.2, 0.25) is 0 Å². The van der Waals surface area contributed by atoms with Crippen LogP contribution >= 0.6 is 0 Å². The zero-order chi connectivity index (χ0) is 13.4. The number of carbonyl (C=O) groups is 1. The number of hydrogen-bond acceptors (Lipinski definition) is 2. The van der Waals surface area contributed by atoms with Crippen LogP contribution in [0.1, 0.15) is 37.3 Å². The lowest BCUT2D eigenvalue weighted by Crippen LogP contribution is -2.41. The van der Waals surface area contributed by atoms with E-state index in [-0.39, 0.29) is 11.9 Å². The van der Waals surface area contributed by atoms with E-state index in [1.807, 2.05) is 12.1 Å². The van der Waals surface area contributed by atoms with Crippen LogP contribution in [-0.2, 0) is 11.2 Å². The molecule has 1 rings (SSSR count). The van der Waals surface area contributed by atoms with Gasteiger partial charge in [0.05, 0.1) is 6.04 Å². The number of nitrogens with two attached hydrogens (primary N) is 1. The van der Waals surface area contributed by atoms with Crippen LogP contribution in [0.4, 0.5) is 0 Å². The van der Waals surface area contributed by atoms with Gasteiger partial charge < -0.3 is 11.1 Å². The van der Waals surface area contributed by atoms with Gasteiger partial charge in [0.1, 0.15) is 0 Å². The smallest absolute Gasteiger partial charge is 0.236 e. The largest absolute Gasteiger partial charge is 0.354 e. The van der Waals surface area contributed by atoms with E-state index in [4.69, 9.17) is 5.73 Å². The van der Waals surface area contributed by atoms with Gasteiger partial charge in [-0.2, -0.15) is 0 Å². The molecule has 3 heteroatoms. The summed E-state index contributed by atoms with van der Waals surface area (Å²) in [5.41, 5.74) is 8.34. The van der Waals surface area contributed by atoms with Gasteiger partial charge in [0.25, 0.3) is 0 Å². The number of unbranched alkanes of at least 4 members (excludes halogenated alkanes) is 1. The van der Waals surface area contributed by atoms with Crippen LogP contribution in [0.15, 0.2) is 24.3 Å². The topological polar surface area (TPSA) is 55.1 Å². The molecule has 0 saturated carbocycles. The van der Waals surface area contributed by atoms with Gasteiger partial charge in [0, 0.05) is 6.54 Å². The van der Waals surface area contributed by atoms with Crippen LogP contribution in [0.25, 0.3) is 0 Å². The zero-order valence-electron chi connectivity index (χ0n) is 11.4. The van der Waals surface area contributed by atoms with Crippen molar-refractivity contribution >= 4 is 5.91 Å². The van der Waals surface area contributed by atoms with Crippen molar-refractivity contribution in [2.45, 2.75) is 45.6 Å². The normalized spacial score (nSPS) is 12.2. The van der Waals surface area contributed by atoms with E-state index >= 15 is 0 Å². The van der Waals surface area contributed by atoms with Crippen molar-refractivity contribution in [1.82, 2.24) is 5.32 Å².